The molecule has 1 unspecified atom stereocenters. The summed E-state index contributed by atoms with van der Waals surface area (Å²) in [6.45, 7) is 6.56. The predicted octanol–water partition coefficient (Wildman–Crippen LogP) is 5.19. The number of hydrogen-bond donors (Lipinski definition) is 0. The van der Waals surface area contributed by atoms with Crippen molar-refractivity contribution in [3.05, 3.63) is 65.0 Å². The van der Waals surface area contributed by atoms with Crippen molar-refractivity contribution in [3.8, 4) is 0 Å². The summed E-state index contributed by atoms with van der Waals surface area (Å²) < 4.78 is 0. The molecule has 2 aromatic rings. The molecule has 0 spiro atoms. The van der Waals surface area contributed by atoms with Crippen LogP contribution in [0.2, 0.25) is 0 Å². The number of alkyl halides is 1. The van der Waals surface area contributed by atoms with E-state index in [-0.39, 0.29) is 0 Å². The minimum Gasteiger partial charge on any atom is -0.261 e. The van der Waals surface area contributed by atoms with Crippen LogP contribution in [0.1, 0.15) is 47.0 Å². The summed E-state index contributed by atoms with van der Waals surface area (Å²) in [4.78, 5) is 4.78. The van der Waals surface area contributed by atoms with E-state index in [1.54, 1.807) is 0 Å². The van der Waals surface area contributed by atoms with E-state index in [0.717, 1.165) is 12.1 Å². The van der Waals surface area contributed by atoms with Crippen LogP contribution in [0.4, 0.5) is 0 Å². The zero-order valence-electron chi connectivity index (χ0n) is 11.7. The standard InChI is InChI=1S/C17H20BrN/c1-12(2)14-6-8-15(9-7-14)16(18)11-17-13(3)5-4-10-19-17/h4-10,12,16H,11H2,1-3H3. The average Bonchev–Trinajstić information content (AvgIpc) is 2.41. The number of rotatable bonds is 4. The molecule has 100 valence electrons. The first kappa shape index (κ1) is 14.3. The van der Waals surface area contributed by atoms with Gasteiger partial charge in [-0.3, -0.25) is 4.98 Å². The number of aromatic nitrogens is 1. The van der Waals surface area contributed by atoms with E-state index in [2.05, 4.69) is 72.0 Å². The summed E-state index contributed by atoms with van der Waals surface area (Å²) in [6.07, 6.45) is 2.79. The van der Waals surface area contributed by atoms with Crippen LogP contribution < -0.4 is 0 Å². The molecule has 1 aromatic carbocycles. The second kappa shape index (κ2) is 6.33. The fourth-order valence-corrected chi connectivity index (χ4v) is 2.72. The quantitative estimate of drug-likeness (QED) is 0.707. The van der Waals surface area contributed by atoms with Gasteiger partial charge in [0.25, 0.3) is 0 Å². The van der Waals surface area contributed by atoms with Gasteiger partial charge in [0.05, 0.1) is 0 Å². The Labute approximate surface area is 124 Å². The van der Waals surface area contributed by atoms with Crippen LogP contribution in [0.15, 0.2) is 42.6 Å². The Morgan fingerprint density at radius 3 is 2.26 bits per heavy atom. The zero-order chi connectivity index (χ0) is 13.8. The topological polar surface area (TPSA) is 12.9 Å². The smallest absolute Gasteiger partial charge is 0.0450 e. The van der Waals surface area contributed by atoms with E-state index < -0.39 is 0 Å². The second-order valence-electron chi connectivity index (χ2n) is 5.26. The van der Waals surface area contributed by atoms with E-state index in [1.165, 1.54) is 16.7 Å². The van der Waals surface area contributed by atoms with Crippen molar-refractivity contribution in [2.75, 3.05) is 0 Å². The van der Waals surface area contributed by atoms with Crippen LogP contribution in [0.5, 0.6) is 0 Å². The van der Waals surface area contributed by atoms with Gasteiger partial charge in [-0.25, -0.2) is 0 Å². The van der Waals surface area contributed by atoms with Crippen molar-refractivity contribution in [2.24, 2.45) is 0 Å². The number of aryl methyl sites for hydroxylation is 1. The van der Waals surface area contributed by atoms with Gasteiger partial charge in [-0.1, -0.05) is 60.1 Å². The molecule has 0 aliphatic heterocycles. The van der Waals surface area contributed by atoms with E-state index in [1.807, 2.05) is 12.3 Å². The van der Waals surface area contributed by atoms with Gasteiger partial charge < -0.3 is 0 Å². The molecule has 0 N–H and O–H groups in total. The summed E-state index contributed by atoms with van der Waals surface area (Å²) >= 11 is 3.78. The fourth-order valence-electron chi connectivity index (χ4n) is 2.11. The third kappa shape index (κ3) is 3.66. The Kier molecular flexibility index (Phi) is 4.76. The lowest BCUT2D eigenvalue weighted by Gasteiger charge is -2.13. The molecule has 1 heterocycles. The molecule has 0 saturated carbocycles. The molecule has 19 heavy (non-hydrogen) atoms. The minimum atomic E-state index is 0.322. The van der Waals surface area contributed by atoms with E-state index in [0.29, 0.717) is 10.7 Å². The first-order valence-corrected chi connectivity index (χ1v) is 7.64. The molecule has 0 fully saturated rings. The van der Waals surface area contributed by atoms with Gasteiger partial charge in [-0.05, 0) is 35.6 Å². The number of hydrogen-bond acceptors (Lipinski definition) is 1. The number of nitrogens with zero attached hydrogens (tertiary/aromatic N) is 1. The van der Waals surface area contributed by atoms with Crippen LogP contribution in [0.3, 0.4) is 0 Å². The molecule has 0 aliphatic rings. The summed E-state index contributed by atoms with van der Waals surface area (Å²) in [5.74, 6) is 0.584. The largest absolute Gasteiger partial charge is 0.261 e. The van der Waals surface area contributed by atoms with Crippen molar-refractivity contribution < 1.29 is 0 Å². The third-order valence-electron chi connectivity index (χ3n) is 3.46. The maximum atomic E-state index is 4.46. The highest BCUT2D eigenvalue weighted by atomic mass is 79.9. The molecular formula is C17H20BrN. The molecule has 1 nitrogen and oxygen atoms in total. The Morgan fingerprint density at radius 2 is 1.68 bits per heavy atom. The van der Waals surface area contributed by atoms with Gasteiger partial charge in [0.2, 0.25) is 0 Å². The van der Waals surface area contributed by atoms with Crippen LogP contribution in [-0.2, 0) is 6.42 Å². The Bertz CT molecular complexity index is 531. The molecule has 0 radical (unpaired) electrons. The molecule has 2 heteroatoms. The first-order chi connectivity index (χ1) is 9.08. The summed E-state index contributed by atoms with van der Waals surface area (Å²) in [6, 6.07) is 13.0. The van der Waals surface area contributed by atoms with Crippen LogP contribution in [0.25, 0.3) is 0 Å². The highest BCUT2D eigenvalue weighted by molar-refractivity contribution is 9.09. The van der Waals surface area contributed by atoms with Crippen molar-refractivity contribution in [1.29, 1.82) is 0 Å². The van der Waals surface area contributed by atoms with Crippen molar-refractivity contribution >= 4 is 15.9 Å². The Hall–Kier alpha value is -1.15. The van der Waals surface area contributed by atoms with Gasteiger partial charge in [0.1, 0.15) is 0 Å². The number of benzene rings is 1. The second-order valence-corrected chi connectivity index (χ2v) is 6.37. The highest BCUT2D eigenvalue weighted by Crippen LogP contribution is 2.28. The van der Waals surface area contributed by atoms with E-state index in [9.17, 15) is 0 Å². The summed E-state index contributed by atoms with van der Waals surface area (Å²) in [7, 11) is 0. The highest BCUT2D eigenvalue weighted by Gasteiger charge is 2.11. The molecule has 1 atom stereocenters. The van der Waals surface area contributed by atoms with Gasteiger partial charge in [-0.15, -0.1) is 0 Å². The van der Waals surface area contributed by atoms with E-state index in [4.69, 9.17) is 0 Å². The molecule has 0 bridgehead atoms. The SMILES string of the molecule is Cc1cccnc1CC(Br)c1ccc(C(C)C)cc1. The number of halogens is 1. The normalized spacial score (nSPS) is 12.7. The van der Waals surface area contributed by atoms with Crippen LogP contribution >= 0.6 is 15.9 Å². The lowest BCUT2D eigenvalue weighted by molar-refractivity contribution is 0.858. The van der Waals surface area contributed by atoms with Gasteiger partial charge in [0, 0.05) is 23.1 Å². The number of pyridine rings is 1. The maximum absolute atomic E-state index is 4.46. The molecule has 2 rings (SSSR count). The minimum absolute atomic E-state index is 0.322. The van der Waals surface area contributed by atoms with Crippen molar-refractivity contribution in [1.82, 2.24) is 4.98 Å². The third-order valence-corrected chi connectivity index (χ3v) is 4.31. The molecule has 0 saturated heterocycles. The van der Waals surface area contributed by atoms with Crippen LogP contribution in [-0.4, -0.2) is 4.98 Å². The van der Waals surface area contributed by atoms with E-state index >= 15 is 0 Å². The molecule has 0 aliphatic carbocycles. The molecular weight excluding hydrogens is 298 g/mol. The van der Waals surface area contributed by atoms with Gasteiger partial charge >= 0.3 is 0 Å². The monoisotopic (exact) mass is 317 g/mol. The summed E-state index contributed by atoms with van der Waals surface area (Å²) in [5, 5.41) is 0. The van der Waals surface area contributed by atoms with Gasteiger partial charge in [0.15, 0.2) is 0 Å². The van der Waals surface area contributed by atoms with Crippen molar-refractivity contribution in [3.63, 3.8) is 0 Å². The lowest BCUT2D eigenvalue weighted by Crippen LogP contribution is -2.00. The molecule has 1 aromatic heterocycles. The first-order valence-electron chi connectivity index (χ1n) is 6.72. The Balaban J connectivity index is 2.12. The zero-order valence-corrected chi connectivity index (χ0v) is 13.3. The predicted molar refractivity (Wildman–Crippen MR) is 84.9 cm³/mol. The van der Waals surface area contributed by atoms with Crippen LogP contribution in [0, 0.1) is 6.92 Å². The summed E-state index contributed by atoms with van der Waals surface area (Å²) in [5.41, 5.74) is 5.12. The van der Waals surface area contributed by atoms with Gasteiger partial charge in [-0.2, -0.15) is 0 Å². The Morgan fingerprint density at radius 1 is 1.05 bits per heavy atom. The molecule has 0 amide bonds. The maximum Gasteiger partial charge on any atom is 0.0450 e. The lowest BCUT2D eigenvalue weighted by atomic mass is 9.99. The van der Waals surface area contributed by atoms with Crippen molar-refractivity contribution in [2.45, 2.75) is 37.9 Å². The average molecular weight is 318 g/mol. The fraction of sp³-hybridized carbons (Fsp3) is 0.353.